The first-order chi connectivity index (χ1) is 8.75. The molecule has 0 spiro atoms. The van der Waals surface area contributed by atoms with E-state index in [0.717, 1.165) is 6.26 Å². The molecule has 1 fully saturated rings. The lowest BCUT2D eigenvalue weighted by molar-refractivity contribution is -0.136. The zero-order chi connectivity index (χ0) is 14.6. The van der Waals surface area contributed by atoms with Gasteiger partial charge < -0.3 is 15.4 Å². The molecule has 1 atom stereocenters. The lowest BCUT2D eigenvalue weighted by Gasteiger charge is -2.22. The number of amides is 2. The third-order valence-corrected chi connectivity index (χ3v) is 4.25. The molecule has 0 aromatic rings. The van der Waals surface area contributed by atoms with Crippen molar-refractivity contribution in [2.75, 3.05) is 46.2 Å². The SMILES string of the molecule is COCC(=O)N1CCN(S(C)(=O)=O)C[C@H](C(N)=O)C1. The van der Waals surface area contributed by atoms with Crippen molar-refractivity contribution in [1.29, 1.82) is 0 Å². The molecule has 8 nitrogen and oxygen atoms in total. The van der Waals surface area contributed by atoms with Crippen LogP contribution in [0.3, 0.4) is 0 Å². The van der Waals surface area contributed by atoms with Gasteiger partial charge in [0.25, 0.3) is 0 Å². The van der Waals surface area contributed by atoms with Gasteiger partial charge in [-0.15, -0.1) is 0 Å². The summed E-state index contributed by atoms with van der Waals surface area (Å²) in [5.74, 6) is -1.62. The maximum absolute atomic E-state index is 11.8. The molecule has 0 saturated carbocycles. The molecule has 1 saturated heterocycles. The summed E-state index contributed by atoms with van der Waals surface area (Å²) in [6.07, 6.45) is 1.07. The third kappa shape index (κ3) is 4.44. The van der Waals surface area contributed by atoms with Gasteiger partial charge in [0.2, 0.25) is 21.8 Å². The number of hydrogen-bond acceptors (Lipinski definition) is 5. The summed E-state index contributed by atoms with van der Waals surface area (Å²) in [5, 5.41) is 0. The van der Waals surface area contributed by atoms with E-state index >= 15 is 0 Å². The van der Waals surface area contributed by atoms with Crippen molar-refractivity contribution in [1.82, 2.24) is 9.21 Å². The van der Waals surface area contributed by atoms with E-state index < -0.39 is 21.8 Å². The van der Waals surface area contributed by atoms with E-state index in [1.54, 1.807) is 0 Å². The largest absolute Gasteiger partial charge is 0.375 e. The highest BCUT2D eigenvalue weighted by Gasteiger charge is 2.32. The normalized spacial score (nSPS) is 22.0. The number of primary amides is 1. The molecule has 19 heavy (non-hydrogen) atoms. The smallest absolute Gasteiger partial charge is 0.248 e. The summed E-state index contributed by atoms with van der Waals surface area (Å²) in [4.78, 5) is 24.5. The standard InChI is InChI=1S/C10H19N3O5S/c1-18-7-9(14)12-3-4-13(19(2,16)17)6-8(5-12)10(11)15/h8H,3-7H2,1-2H3,(H2,11,15)/t8-/m1/s1. The van der Waals surface area contributed by atoms with E-state index in [9.17, 15) is 18.0 Å². The maximum Gasteiger partial charge on any atom is 0.248 e. The van der Waals surface area contributed by atoms with Crippen molar-refractivity contribution in [2.24, 2.45) is 11.7 Å². The van der Waals surface area contributed by atoms with Crippen LogP contribution in [-0.2, 0) is 24.3 Å². The Bertz CT molecular complexity index is 450. The molecule has 1 rings (SSSR count). The molecular formula is C10H19N3O5S. The second kappa shape index (κ2) is 6.31. The van der Waals surface area contributed by atoms with E-state index in [0.29, 0.717) is 0 Å². The van der Waals surface area contributed by atoms with Crippen LogP contribution < -0.4 is 5.73 Å². The highest BCUT2D eigenvalue weighted by Crippen LogP contribution is 2.12. The van der Waals surface area contributed by atoms with Crippen molar-refractivity contribution < 1.29 is 22.7 Å². The minimum Gasteiger partial charge on any atom is -0.375 e. The van der Waals surface area contributed by atoms with Crippen LogP contribution in [0, 0.1) is 5.92 Å². The molecule has 0 bridgehead atoms. The fraction of sp³-hybridized carbons (Fsp3) is 0.800. The van der Waals surface area contributed by atoms with Gasteiger partial charge in [0.05, 0.1) is 12.2 Å². The molecule has 1 aliphatic heterocycles. The molecule has 0 aromatic heterocycles. The Morgan fingerprint density at radius 2 is 1.95 bits per heavy atom. The number of nitrogens with zero attached hydrogens (tertiary/aromatic N) is 2. The Kier molecular flexibility index (Phi) is 5.27. The van der Waals surface area contributed by atoms with Gasteiger partial charge in [-0.1, -0.05) is 0 Å². The fourth-order valence-electron chi connectivity index (χ4n) is 1.91. The van der Waals surface area contributed by atoms with Gasteiger partial charge in [-0.2, -0.15) is 4.31 Å². The first kappa shape index (κ1) is 15.9. The molecule has 1 heterocycles. The average molecular weight is 293 g/mol. The summed E-state index contributed by atoms with van der Waals surface area (Å²) in [6, 6.07) is 0. The number of nitrogens with two attached hydrogens (primary N) is 1. The van der Waals surface area contributed by atoms with Crippen LogP contribution in [0.5, 0.6) is 0 Å². The summed E-state index contributed by atoms with van der Waals surface area (Å²) in [6.45, 7) is 0.385. The van der Waals surface area contributed by atoms with E-state index in [4.69, 9.17) is 10.5 Å². The van der Waals surface area contributed by atoms with Gasteiger partial charge >= 0.3 is 0 Å². The maximum atomic E-state index is 11.8. The van der Waals surface area contributed by atoms with Crippen molar-refractivity contribution in [3.05, 3.63) is 0 Å². The zero-order valence-electron chi connectivity index (χ0n) is 11.0. The highest BCUT2D eigenvalue weighted by molar-refractivity contribution is 7.88. The predicted molar refractivity (Wildman–Crippen MR) is 67.6 cm³/mol. The second-order valence-electron chi connectivity index (χ2n) is 4.49. The van der Waals surface area contributed by atoms with Crippen molar-refractivity contribution in [3.8, 4) is 0 Å². The highest BCUT2D eigenvalue weighted by atomic mass is 32.2. The predicted octanol–water partition coefficient (Wildman–Crippen LogP) is -2.16. The van der Waals surface area contributed by atoms with Gasteiger partial charge in [0.1, 0.15) is 6.61 Å². The van der Waals surface area contributed by atoms with Gasteiger partial charge in [-0.25, -0.2) is 8.42 Å². The van der Waals surface area contributed by atoms with Crippen LogP contribution in [-0.4, -0.2) is 75.6 Å². The quantitative estimate of drug-likeness (QED) is 0.635. The van der Waals surface area contributed by atoms with Crippen molar-refractivity contribution in [3.63, 3.8) is 0 Å². The van der Waals surface area contributed by atoms with Crippen LogP contribution in [0.15, 0.2) is 0 Å². The van der Waals surface area contributed by atoms with E-state index in [1.165, 1.54) is 16.3 Å². The van der Waals surface area contributed by atoms with E-state index in [-0.39, 0.29) is 38.7 Å². The molecular weight excluding hydrogens is 274 g/mol. The number of methoxy groups -OCH3 is 1. The Morgan fingerprint density at radius 3 is 2.42 bits per heavy atom. The van der Waals surface area contributed by atoms with Crippen LogP contribution >= 0.6 is 0 Å². The van der Waals surface area contributed by atoms with Crippen molar-refractivity contribution in [2.45, 2.75) is 0 Å². The number of sulfonamides is 1. The molecule has 0 aromatic carbocycles. The molecule has 1 aliphatic rings. The molecule has 9 heteroatoms. The van der Waals surface area contributed by atoms with Crippen LogP contribution in [0.4, 0.5) is 0 Å². The zero-order valence-corrected chi connectivity index (χ0v) is 11.9. The van der Waals surface area contributed by atoms with Crippen LogP contribution in [0.1, 0.15) is 0 Å². The van der Waals surface area contributed by atoms with Crippen molar-refractivity contribution >= 4 is 21.8 Å². The lowest BCUT2D eigenvalue weighted by atomic mass is 10.1. The Hall–Kier alpha value is -1.19. The van der Waals surface area contributed by atoms with Gasteiger partial charge in [0, 0.05) is 33.3 Å². The summed E-state index contributed by atoms with van der Waals surface area (Å²) >= 11 is 0. The summed E-state index contributed by atoms with van der Waals surface area (Å²) in [7, 11) is -2.03. The number of rotatable bonds is 4. The molecule has 0 radical (unpaired) electrons. The Balaban J connectivity index is 2.88. The number of carbonyl (C=O) groups excluding carboxylic acids is 2. The first-order valence-corrected chi connectivity index (χ1v) is 7.61. The topological polar surface area (TPSA) is 110 Å². The molecule has 2 amide bonds. The first-order valence-electron chi connectivity index (χ1n) is 5.77. The molecule has 2 N–H and O–H groups in total. The van der Waals surface area contributed by atoms with Gasteiger partial charge in [-0.05, 0) is 0 Å². The van der Waals surface area contributed by atoms with Crippen LogP contribution in [0.2, 0.25) is 0 Å². The number of ether oxygens (including phenoxy) is 1. The van der Waals surface area contributed by atoms with E-state index in [2.05, 4.69) is 0 Å². The summed E-state index contributed by atoms with van der Waals surface area (Å²) in [5.41, 5.74) is 5.25. The Morgan fingerprint density at radius 1 is 1.32 bits per heavy atom. The number of carbonyl (C=O) groups is 2. The summed E-state index contributed by atoms with van der Waals surface area (Å²) < 4.78 is 29.0. The minimum absolute atomic E-state index is 0.00489. The van der Waals surface area contributed by atoms with Gasteiger partial charge in [0.15, 0.2) is 0 Å². The average Bonchev–Trinajstić information content (AvgIpc) is 2.51. The molecule has 0 unspecified atom stereocenters. The Labute approximate surface area is 112 Å². The number of hydrogen-bond donors (Lipinski definition) is 1. The second-order valence-corrected chi connectivity index (χ2v) is 6.48. The monoisotopic (exact) mass is 293 g/mol. The molecule has 0 aliphatic carbocycles. The minimum atomic E-state index is -3.42. The molecule has 110 valence electrons. The van der Waals surface area contributed by atoms with Crippen LogP contribution in [0.25, 0.3) is 0 Å². The fourth-order valence-corrected chi connectivity index (χ4v) is 2.77. The third-order valence-electron chi connectivity index (χ3n) is 2.98. The lowest BCUT2D eigenvalue weighted by Crippen LogP contribution is -2.41. The van der Waals surface area contributed by atoms with Gasteiger partial charge in [-0.3, -0.25) is 9.59 Å². The van der Waals surface area contributed by atoms with E-state index in [1.807, 2.05) is 0 Å².